The van der Waals surface area contributed by atoms with Crippen LogP contribution >= 0.6 is 0 Å². The number of carbonyl (C=O) groups excluding carboxylic acids is 1. The van der Waals surface area contributed by atoms with Gasteiger partial charge < -0.3 is 14.3 Å². The van der Waals surface area contributed by atoms with Gasteiger partial charge >= 0.3 is 0 Å². The molecule has 1 atom stereocenters. The number of hydrogen-bond donors (Lipinski definition) is 0. The molecule has 0 saturated carbocycles. The minimum atomic E-state index is 0.0892. The second-order valence-corrected chi connectivity index (χ2v) is 8.35. The van der Waals surface area contributed by atoms with E-state index in [9.17, 15) is 4.79 Å². The van der Waals surface area contributed by atoms with Gasteiger partial charge in [0.2, 0.25) is 17.6 Å². The van der Waals surface area contributed by atoms with Gasteiger partial charge in [0.25, 0.3) is 0 Å². The second-order valence-electron chi connectivity index (χ2n) is 8.35. The number of amides is 1. The smallest absolute Gasteiger partial charge is 0.231 e. The Hall–Kier alpha value is -3.22. The average molecular weight is 418 g/mol. The van der Waals surface area contributed by atoms with Crippen LogP contribution < -0.4 is 4.90 Å². The van der Waals surface area contributed by atoms with Crippen molar-refractivity contribution in [3.8, 4) is 11.4 Å². The van der Waals surface area contributed by atoms with Crippen LogP contribution in [0.15, 0.2) is 53.3 Å². The van der Waals surface area contributed by atoms with Crippen LogP contribution in [0.25, 0.3) is 11.4 Å². The third-order valence-corrected chi connectivity index (χ3v) is 6.29. The Kier molecular flexibility index (Phi) is 5.65. The Morgan fingerprint density at radius 3 is 2.97 bits per heavy atom. The van der Waals surface area contributed by atoms with Crippen molar-refractivity contribution in [2.24, 2.45) is 0 Å². The molecule has 2 aliphatic heterocycles. The molecule has 0 N–H and O–H groups in total. The summed E-state index contributed by atoms with van der Waals surface area (Å²) in [7, 11) is 0. The molecule has 1 amide bonds. The van der Waals surface area contributed by atoms with Gasteiger partial charge in [-0.25, -0.2) is 0 Å². The number of fused-ring (bicyclic) bond motifs is 1. The second kappa shape index (κ2) is 8.88. The van der Waals surface area contributed by atoms with Gasteiger partial charge in [-0.05, 0) is 49.4 Å². The SMILES string of the molecule is O=C(CCN1CCCc2ccccc21)N1CCCC(c2nc(-c3cccnc3)no2)C1. The molecule has 0 spiro atoms. The van der Waals surface area contributed by atoms with Crippen molar-refractivity contribution in [3.05, 3.63) is 60.2 Å². The molecule has 31 heavy (non-hydrogen) atoms. The molecular weight excluding hydrogens is 390 g/mol. The Morgan fingerprint density at radius 2 is 2.06 bits per heavy atom. The molecule has 3 aromatic rings. The summed E-state index contributed by atoms with van der Waals surface area (Å²) in [6.45, 7) is 3.23. The minimum absolute atomic E-state index is 0.0892. The molecule has 1 fully saturated rings. The number of piperidine rings is 1. The fourth-order valence-electron chi connectivity index (χ4n) is 4.65. The number of benzene rings is 1. The fourth-order valence-corrected chi connectivity index (χ4v) is 4.65. The highest BCUT2D eigenvalue weighted by Crippen LogP contribution is 2.29. The number of anilines is 1. The Morgan fingerprint density at radius 1 is 1.13 bits per heavy atom. The first-order valence-electron chi connectivity index (χ1n) is 11.1. The van der Waals surface area contributed by atoms with Crippen molar-refractivity contribution < 1.29 is 9.32 Å². The Bertz CT molecular complexity index is 1040. The number of aromatic nitrogens is 3. The van der Waals surface area contributed by atoms with Crippen molar-refractivity contribution in [1.29, 1.82) is 0 Å². The molecule has 0 bridgehead atoms. The van der Waals surface area contributed by atoms with E-state index < -0.39 is 0 Å². The Balaban J connectivity index is 1.20. The van der Waals surface area contributed by atoms with Crippen LogP contribution in [0.3, 0.4) is 0 Å². The highest BCUT2D eigenvalue weighted by Gasteiger charge is 2.29. The van der Waals surface area contributed by atoms with Gasteiger partial charge in [0.15, 0.2) is 0 Å². The summed E-state index contributed by atoms with van der Waals surface area (Å²) >= 11 is 0. The van der Waals surface area contributed by atoms with Crippen molar-refractivity contribution in [1.82, 2.24) is 20.0 Å². The first-order chi connectivity index (χ1) is 15.3. The van der Waals surface area contributed by atoms with E-state index in [0.29, 0.717) is 24.7 Å². The van der Waals surface area contributed by atoms with E-state index in [2.05, 4.69) is 44.3 Å². The maximum atomic E-state index is 13.0. The number of rotatable bonds is 5. The summed E-state index contributed by atoms with van der Waals surface area (Å²) in [6.07, 6.45) is 8.16. The summed E-state index contributed by atoms with van der Waals surface area (Å²) in [5, 5.41) is 4.11. The lowest BCUT2D eigenvalue weighted by atomic mass is 9.97. The molecule has 1 aromatic carbocycles. The quantitative estimate of drug-likeness (QED) is 0.630. The van der Waals surface area contributed by atoms with Crippen LogP contribution in [0.5, 0.6) is 0 Å². The topological polar surface area (TPSA) is 75.4 Å². The molecule has 1 unspecified atom stereocenters. The van der Waals surface area contributed by atoms with Gasteiger partial charge in [0, 0.05) is 56.2 Å². The predicted molar refractivity (Wildman–Crippen MR) is 118 cm³/mol. The van der Waals surface area contributed by atoms with Gasteiger partial charge in [0.05, 0.1) is 5.92 Å². The number of hydrogen-bond acceptors (Lipinski definition) is 6. The molecule has 2 aromatic heterocycles. The predicted octanol–water partition coefficient (Wildman–Crippen LogP) is 3.68. The highest BCUT2D eigenvalue weighted by molar-refractivity contribution is 5.77. The van der Waals surface area contributed by atoms with E-state index in [1.807, 2.05) is 17.0 Å². The molecule has 1 saturated heterocycles. The highest BCUT2D eigenvalue weighted by atomic mass is 16.5. The average Bonchev–Trinajstić information content (AvgIpc) is 3.34. The zero-order valence-electron chi connectivity index (χ0n) is 17.6. The summed E-state index contributed by atoms with van der Waals surface area (Å²) in [4.78, 5) is 26.0. The summed E-state index contributed by atoms with van der Waals surface area (Å²) < 4.78 is 5.55. The van der Waals surface area contributed by atoms with Crippen molar-refractivity contribution in [3.63, 3.8) is 0 Å². The van der Waals surface area contributed by atoms with Crippen LogP contribution in [-0.2, 0) is 11.2 Å². The van der Waals surface area contributed by atoms with Crippen molar-refractivity contribution >= 4 is 11.6 Å². The summed E-state index contributed by atoms with van der Waals surface area (Å²) in [6, 6.07) is 12.3. The van der Waals surface area contributed by atoms with Crippen LogP contribution in [0.1, 0.15) is 43.1 Å². The minimum Gasteiger partial charge on any atom is -0.371 e. The monoisotopic (exact) mass is 417 g/mol. The normalized spacial score (nSPS) is 18.6. The summed E-state index contributed by atoms with van der Waals surface area (Å²) in [5.41, 5.74) is 3.51. The van der Waals surface area contributed by atoms with Crippen LogP contribution in [0.4, 0.5) is 5.69 Å². The number of carbonyl (C=O) groups is 1. The van der Waals surface area contributed by atoms with Gasteiger partial charge in [-0.2, -0.15) is 4.98 Å². The summed E-state index contributed by atoms with van der Waals surface area (Å²) in [5.74, 6) is 1.46. The van der Waals surface area contributed by atoms with Crippen molar-refractivity contribution in [2.75, 3.05) is 31.1 Å². The van der Waals surface area contributed by atoms with E-state index in [-0.39, 0.29) is 11.8 Å². The molecule has 7 heteroatoms. The van der Waals surface area contributed by atoms with E-state index in [4.69, 9.17) is 4.52 Å². The molecule has 4 heterocycles. The number of nitrogens with zero attached hydrogens (tertiary/aromatic N) is 5. The van der Waals surface area contributed by atoms with E-state index in [0.717, 1.165) is 50.9 Å². The number of aryl methyl sites for hydroxylation is 1. The molecule has 7 nitrogen and oxygen atoms in total. The molecule has 5 rings (SSSR count). The lowest BCUT2D eigenvalue weighted by Crippen LogP contribution is -2.41. The van der Waals surface area contributed by atoms with E-state index >= 15 is 0 Å². The third kappa shape index (κ3) is 4.31. The zero-order chi connectivity index (χ0) is 21.0. The van der Waals surface area contributed by atoms with Gasteiger partial charge in [-0.3, -0.25) is 9.78 Å². The maximum Gasteiger partial charge on any atom is 0.231 e. The van der Waals surface area contributed by atoms with E-state index in [1.54, 1.807) is 12.4 Å². The Labute approximate surface area is 182 Å². The lowest BCUT2D eigenvalue weighted by molar-refractivity contribution is -0.132. The van der Waals surface area contributed by atoms with Gasteiger partial charge in [-0.1, -0.05) is 23.4 Å². The lowest BCUT2D eigenvalue weighted by Gasteiger charge is -2.34. The van der Waals surface area contributed by atoms with Gasteiger partial charge in [-0.15, -0.1) is 0 Å². The fraction of sp³-hybridized carbons (Fsp3) is 0.417. The van der Waals surface area contributed by atoms with Gasteiger partial charge in [0.1, 0.15) is 0 Å². The zero-order valence-corrected chi connectivity index (χ0v) is 17.6. The standard InChI is InChI=1S/C24H27N5O2/c30-22(11-15-28-13-4-8-18-6-1-2-10-21(18)28)29-14-5-9-20(17-29)24-26-23(27-31-24)19-7-3-12-25-16-19/h1-3,6-7,10,12,16,20H,4-5,8-9,11,13-15,17H2. The first kappa shape index (κ1) is 19.7. The first-order valence-corrected chi connectivity index (χ1v) is 11.1. The molecule has 160 valence electrons. The van der Waals surface area contributed by atoms with Crippen molar-refractivity contribution in [2.45, 2.75) is 38.0 Å². The number of pyridine rings is 1. The van der Waals surface area contributed by atoms with Crippen LogP contribution in [0.2, 0.25) is 0 Å². The molecule has 0 aliphatic carbocycles. The maximum absolute atomic E-state index is 13.0. The number of likely N-dealkylation sites (tertiary alicyclic amines) is 1. The van der Waals surface area contributed by atoms with Crippen LogP contribution in [-0.4, -0.2) is 52.1 Å². The van der Waals surface area contributed by atoms with Crippen LogP contribution in [0, 0.1) is 0 Å². The third-order valence-electron chi connectivity index (χ3n) is 6.29. The largest absolute Gasteiger partial charge is 0.371 e. The van der Waals surface area contributed by atoms with E-state index in [1.165, 1.54) is 11.3 Å². The number of para-hydroxylation sites is 1. The molecular formula is C24H27N5O2. The molecule has 2 aliphatic rings. The molecule has 0 radical (unpaired) electrons.